The lowest BCUT2D eigenvalue weighted by molar-refractivity contribution is 0.0976. The van der Waals surface area contributed by atoms with Gasteiger partial charge in [0.05, 0.1) is 0 Å². The first-order valence-corrected chi connectivity index (χ1v) is 7.52. The van der Waals surface area contributed by atoms with Gasteiger partial charge in [0.2, 0.25) is 0 Å². The van der Waals surface area contributed by atoms with Crippen molar-refractivity contribution in [2.75, 3.05) is 4.90 Å². The molecule has 0 bridgehead atoms. The van der Waals surface area contributed by atoms with Crippen molar-refractivity contribution < 1.29 is 4.79 Å². The number of anilines is 1. The number of benzene rings is 1. The van der Waals surface area contributed by atoms with Crippen molar-refractivity contribution in [1.82, 2.24) is 10.3 Å². The molecule has 2 aromatic rings. The lowest BCUT2D eigenvalue weighted by atomic mass is 10.1. The Kier molecular flexibility index (Phi) is 5.22. The van der Waals surface area contributed by atoms with E-state index in [-0.39, 0.29) is 11.9 Å². The summed E-state index contributed by atoms with van der Waals surface area (Å²) in [4.78, 5) is 18.5. The van der Waals surface area contributed by atoms with E-state index < -0.39 is 0 Å². The van der Waals surface area contributed by atoms with Crippen LogP contribution in [0, 0.1) is 6.92 Å². The van der Waals surface area contributed by atoms with Crippen molar-refractivity contribution in [2.24, 2.45) is 0 Å². The summed E-state index contributed by atoms with van der Waals surface area (Å²) in [7, 11) is 0. The molecule has 1 amide bonds. The molecule has 1 aromatic carbocycles. The Morgan fingerprint density at radius 2 is 1.86 bits per heavy atom. The maximum Gasteiger partial charge on any atom is 0.257 e. The highest BCUT2D eigenvalue weighted by Gasteiger charge is 2.19. The van der Waals surface area contributed by atoms with E-state index in [0.717, 1.165) is 5.56 Å². The third-order valence-corrected chi connectivity index (χ3v) is 3.54. The number of rotatable bonds is 3. The quantitative estimate of drug-likeness (QED) is 0.883. The van der Waals surface area contributed by atoms with Crippen LogP contribution in [0.25, 0.3) is 0 Å². The Labute approximate surface area is 136 Å². The number of aromatic nitrogens is 1. The predicted octanol–water partition coefficient (Wildman–Crippen LogP) is 3.32. The van der Waals surface area contributed by atoms with Gasteiger partial charge in [0.1, 0.15) is 5.82 Å². The number of hydrogen-bond acceptors (Lipinski definition) is 3. The van der Waals surface area contributed by atoms with Gasteiger partial charge in [0.15, 0.2) is 5.11 Å². The molecule has 0 aliphatic rings. The van der Waals surface area contributed by atoms with E-state index in [2.05, 4.69) is 10.3 Å². The molecule has 0 fully saturated rings. The molecular formula is C17H19N3OS. The third kappa shape index (κ3) is 3.68. The number of hydrogen-bond donors (Lipinski definition) is 1. The smallest absolute Gasteiger partial charge is 0.257 e. The Morgan fingerprint density at radius 1 is 1.18 bits per heavy atom. The summed E-state index contributed by atoms with van der Waals surface area (Å²) in [6.07, 6.45) is 1.70. The maximum atomic E-state index is 12.4. The fourth-order valence-electron chi connectivity index (χ4n) is 2.15. The second kappa shape index (κ2) is 7.13. The van der Waals surface area contributed by atoms with E-state index in [0.29, 0.717) is 16.5 Å². The fourth-order valence-corrected chi connectivity index (χ4v) is 2.55. The molecule has 22 heavy (non-hydrogen) atoms. The minimum absolute atomic E-state index is 0.0829. The van der Waals surface area contributed by atoms with Gasteiger partial charge in [-0.3, -0.25) is 10.1 Å². The van der Waals surface area contributed by atoms with Crippen molar-refractivity contribution in [2.45, 2.75) is 26.8 Å². The molecule has 0 spiro atoms. The van der Waals surface area contributed by atoms with Crippen LogP contribution in [0.3, 0.4) is 0 Å². The van der Waals surface area contributed by atoms with E-state index >= 15 is 0 Å². The summed E-state index contributed by atoms with van der Waals surface area (Å²) >= 11 is 5.41. The number of nitrogens with one attached hydrogen (secondary N) is 1. The number of carbonyl (C=O) groups is 1. The summed E-state index contributed by atoms with van der Waals surface area (Å²) < 4.78 is 0. The SMILES string of the molecule is Cc1ccccc1C(=O)NC(=S)N(c1ccccn1)C(C)C. The van der Waals surface area contributed by atoms with Gasteiger partial charge in [-0.05, 0) is 56.8 Å². The molecular weight excluding hydrogens is 294 g/mol. The highest BCUT2D eigenvalue weighted by molar-refractivity contribution is 7.80. The second-order valence-corrected chi connectivity index (χ2v) is 5.61. The molecule has 1 heterocycles. The molecule has 0 radical (unpaired) electrons. The number of pyridine rings is 1. The molecule has 0 unspecified atom stereocenters. The van der Waals surface area contributed by atoms with Crippen LogP contribution in [-0.2, 0) is 0 Å². The number of carbonyl (C=O) groups excluding carboxylic acids is 1. The van der Waals surface area contributed by atoms with Crippen LogP contribution in [0.1, 0.15) is 29.8 Å². The summed E-state index contributed by atoms with van der Waals surface area (Å²) in [5.41, 5.74) is 1.53. The zero-order valence-corrected chi connectivity index (χ0v) is 13.7. The van der Waals surface area contributed by atoms with Gasteiger partial charge in [-0.2, -0.15) is 0 Å². The van der Waals surface area contributed by atoms with Crippen molar-refractivity contribution >= 4 is 29.1 Å². The fraction of sp³-hybridized carbons (Fsp3) is 0.235. The number of aryl methyl sites for hydroxylation is 1. The Bertz CT molecular complexity index is 671. The van der Waals surface area contributed by atoms with Gasteiger partial charge in [0.25, 0.3) is 5.91 Å². The zero-order chi connectivity index (χ0) is 16.1. The third-order valence-electron chi connectivity index (χ3n) is 3.24. The Morgan fingerprint density at radius 3 is 2.45 bits per heavy atom. The molecule has 0 aliphatic heterocycles. The van der Waals surface area contributed by atoms with Gasteiger partial charge >= 0.3 is 0 Å². The van der Waals surface area contributed by atoms with Gasteiger partial charge in [-0.1, -0.05) is 24.3 Å². The molecule has 0 aliphatic carbocycles. The van der Waals surface area contributed by atoms with E-state index in [1.54, 1.807) is 12.3 Å². The predicted molar refractivity (Wildman–Crippen MR) is 93.1 cm³/mol. The molecule has 0 saturated heterocycles. The van der Waals surface area contributed by atoms with E-state index in [4.69, 9.17) is 12.2 Å². The molecule has 5 heteroatoms. The van der Waals surface area contributed by atoms with Crippen LogP contribution < -0.4 is 10.2 Å². The standard InChI is InChI=1S/C17H19N3OS/c1-12(2)20(15-10-6-7-11-18-15)17(22)19-16(21)14-9-5-4-8-13(14)3/h4-12H,1-3H3,(H,19,21,22). The van der Waals surface area contributed by atoms with Crippen LogP contribution in [-0.4, -0.2) is 22.0 Å². The highest BCUT2D eigenvalue weighted by Crippen LogP contribution is 2.14. The van der Waals surface area contributed by atoms with Gasteiger partial charge < -0.3 is 4.90 Å². The van der Waals surface area contributed by atoms with Crippen molar-refractivity contribution in [3.05, 3.63) is 59.8 Å². The number of amides is 1. The molecule has 0 atom stereocenters. The summed E-state index contributed by atoms with van der Waals surface area (Å²) in [5, 5.41) is 3.14. The van der Waals surface area contributed by atoms with Crippen LogP contribution in [0.4, 0.5) is 5.82 Å². The van der Waals surface area contributed by atoms with Gasteiger partial charge in [-0.15, -0.1) is 0 Å². The monoisotopic (exact) mass is 313 g/mol. The average molecular weight is 313 g/mol. The largest absolute Gasteiger partial charge is 0.301 e. The van der Waals surface area contributed by atoms with Crippen LogP contribution in [0.5, 0.6) is 0 Å². The molecule has 4 nitrogen and oxygen atoms in total. The lowest BCUT2D eigenvalue weighted by Gasteiger charge is -2.28. The summed E-state index contributed by atoms with van der Waals surface area (Å²) in [6, 6.07) is 13.1. The van der Waals surface area contributed by atoms with Gasteiger partial charge in [0, 0.05) is 17.8 Å². The van der Waals surface area contributed by atoms with E-state index in [1.165, 1.54) is 0 Å². The topological polar surface area (TPSA) is 45.2 Å². The summed E-state index contributed by atoms with van der Waals surface area (Å²) in [5.74, 6) is 0.511. The van der Waals surface area contributed by atoms with Gasteiger partial charge in [-0.25, -0.2) is 4.98 Å². The van der Waals surface area contributed by atoms with Crippen molar-refractivity contribution in [3.63, 3.8) is 0 Å². The van der Waals surface area contributed by atoms with E-state index in [9.17, 15) is 4.79 Å². The van der Waals surface area contributed by atoms with Crippen LogP contribution in [0.15, 0.2) is 48.7 Å². The first-order chi connectivity index (χ1) is 10.5. The molecule has 0 saturated carbocycles. The number of nitrogens with zero attached hydrogens (tertiary/aromatic N) is 2. The van der Waals surface area contributed by atoms with Crippen molar-refractivity contribution in [1.29, 1.82) is 0 Å². The normalized spacial score (nSPS) is 10.4. The average Bonchev–Trinajstić information content (AvgIpc) is 2.48. The maximum absolute atomic E-state index is 12.4. The molecule has 1 aromatic heterocycles. The molecule has 2 rings (SSSR count). The lowest BCUT2D eigenvalue weighted by Crippen LogP contribution is -2.46. The van der Waals surface area contributed by atoms with E-state index in [1.807, 2.05) is 62.1 Å². The zero-order valence-electron chi connectivity index (χ0n) is 12.9. The molecule has 114 valence electrons. The van der Waals surface area contributed by atoms with Crippen LogP contribution in [0.2, 0.25) is 0 Å². The Balaban J connectivity index is 2.19. The highest BCUT2D eigenvalue weighted by atomic mass is 32.1. The first-order valence-electron chi connectivity index (χ1n) is 7.12. The minimum Gasteiger partial charge on any atom is -0.301 e. The Hall–Kier alpha value is -2.27. The number of thiocarbonyl (C=S) groups is 1. The first kappa shape index (κ1) is 16.1. The minimum atomic E-state index is -0.204. The van der Waals surface area contributed by atoms with Crippen LogP contribution >= 0.6 is 12.2 Å². The molecule has 1 N–H and O–H groups in total. The van der Waals surface area contributed by atoms with Crippen molar-refractivity contribution in [3.8, 4) is 0 Å². The second-order valence-electron chi connectivity index (χ2n) is 5.23. The summed E-state index contributed by atoms with van der Waals surface area (Å²) in [6.45, 7) is 5.90.